The molecule has 4 nitrogen and oxygen atoms in total. The molecule has 0 N–H and O–H groups in total. The van der Waals surface area contributed by atoms with Crippen LogP contribution in [0.4, 0.5) is 0 Å². The maximum Gasteiger partial charge on any atom is 0.133 e. The Morgan fingerprint density at radius 1 is 1.05 bits per heavy atom. The first-order valence-corrected chi connectivity index (χ1v) is 8.44. The zero-order valence-electron chi connectivity index (χ0n) is 13.7. The molecule has 0 amide bonds. The van der Waals surface area contributed by atoms with Gasteiger partial charge < -0.3 is 4.90 Å². The molecule has 2 aliphatic heterocycles. The van der Waals surface area contributed by atoms with Crippen molar-refractivity contribution in [1.29, 1.82) is 0 Å². The molecule has 0 radical (unpaired) electrons. The molecule has 0 spiro atoms. The minimum Gasteiger partial charge on any atom is -0.303 e. The summed E-state index contributed by atoms with van der Waals surface area (Å²) in [4.78, 5) is 14.6. The van der Waals surface area contributed by atoms with Crippen LogP contribution in [0.1, 0.15) is 49.3 Å². The van der Waals surface area contributed by atoms with Crippen molar-refractivity contribution in [3.05, 3.63) is 23.3 Å². The van der Waals surface area contributed by atoms with E-state index in [9.17, 15) is 0 Å². The van der Waals surface area contributed by atoms with Crippen LogP contribution in [0.3, 0.4) is 0 Å². The lowest BCUT2D eigenvalue weighted by Gasteiger charge is -2.36. The first-order chi connectivity index (χ1) is 10.2. The summed E-state index contributed by atoms with van der Waals surface area (Å²) < 4.78 is 0. The molecule has 1 atom stereocenters. The lowest BCUT2D eigenvalue weighted by molar-refractivity contribution is 0.129. The highest BCUT2D eigenvalue weighted by Crippen LogP contribution is 2.29. The normalized spacial score (nSPS) is 25.6. The van der Waals surface area contributed by atoms with E-state index >= 15 is 0 Å². The molecule has 3 rings (SSSR count). The molecule has 3 heterocycles. The Kier molecular flexibility index (Phi) is 4.55. The van der Waals surface area contributed by atoms with Crippen molar-refractivity contribution in [2.45, 2.75) is 52.0 Å². The van der Waals surface area contributed by atoms with Crippen molar-refractivity contribution in [1.82, 2.24) is 19.8 Å². The van der Waals surface area contributed by atoms with Crippen LogP contribution < -0.4 is 0 Å². The van der Waals surface area contributed by atoms with Crippen LogP contribution >= 0.6 is 0 Å². The van der Waals surface area contributed by atoms with Gasteiger partial charge in [0.15, 0.2) is 0 Å². The highest BCUT2D eigenvalue weighted by atomic mass is 15.2. The molecule has 4 heteroatoms. The molecule has 21 heavy (non-hydrogen) atoms. The van der Waals surface area contributed by atoms with E-state index < -0.39 is 0 Å². The molecule has 1 aromatic heterocycles. The van der Waals surface area contributed by atoms with E-state index in [1.807, 2.05) is 0 Å². The van der Waals surface area contributed by atoms with Crippen LogP contribution in [-0.4, -0.2) is 58.5 Å². The zero-order chi connectivity index (χ0) is 14.8. The molecule has 2 aliphatic rings. The first-order valence-electron chi connectivity index (χ1n) is 8.44. The van der Waals surface area contributed by atoms with Gasteiger partial charge in [-0.05, 0) is 65.4 Å². The predicted octanol–water partition coefficient (Wildman–Crippen LogP) is 2.37. The number of hydrogen-bond acceptors (Lipinski definition) is 4. The maximum atomic E-state index is 4.67. The fraction of sp³-hybridized carbons (Fsp3) is 0.765. The van der Waals surface area contributed by atoms with E-state index in [4.69, 9.17) is 0 Å². The second-order valence-electron chi connectivity index (χ2n) is 6.65. The quantitative estimate of drug-likeness (QED) is 0.855. The number of hydrogen-bond donors (Lipinski definition) is 0. The van der Waals surface area contributed by atoms with Crippen LogP contribution in [0.2, 0.25) is 0 Å². The monoisotopic (exact) mass is 288 g/mol. The van der Waals surface area contributed by atoms with Gasteiger partial charge in [0.25, 0.3) is 0 Å². The van der Waals surface area contributed by atoms with Gasteiger partial charge in [0.05, 0.1) is 0 Å². The van der Waals surface area contributed by atoms with Crippen molar-refractivity contribution in [3.8, 4) is 0 Å². The largest absolute Gasteiger partial charge is 0.303 e. The molecule has 2 saturated heterocycles. The molecule has 0 aliphatic carbocycles. The van der Waals surface area contributed by atoms with E-state index in [0.717, 1.165) is 29.8 Å². The fourth-order valence-corrected chi connectivity index (χ4v) is 3.87. The molecule has 2 fully saturated rings. The smallest absolute Gasteiger partial charge is 0.133 e. The van der Waals surface area contributed by atoms with Gasteiger partial charge in [-0.2, -0.15) is 0 Å². The Morgan fingerprint density at radius 2 is 1.71 bits per heavy atom. The minimum absolute atomic E-state index is 0.535. The molecule has 0 bridgehead atoms. The predicted molar refractivity (Wildman–Crippen MR) is 85.6 cm³/mol. The molecule has 0 unspecified atom stereocenters. The van der Waals surface area contributed by atoms with Crippen LogP contribution in [0.15, 0.2) is 6.07 Å². The highest BCUT2D eigenvalue weighted by Gasteiger charge is 2.32. The lowest BCUT2D eigenvalue weighted by Crippen LogP contribution is -2.43. The molecule has 0 aromatic carbocycles. The van der Waals surface area contributed by atoms with Crippen LogP contribution in [0.25, 0.3) is 0 Å². The van der Waals surface area contributed by atoms with Gasteiger partial charge in [0.1, 0.15) is 5.82 Å². The topological polar surface area (TPSA) is 32.3 Å². The standard InChI is InChI=1S/C17H28N4/c1-4-20-8-6-16(7-9-20)21-10-5-15(12-21)17-18-13(2)11-14(3)19-17/h11,15-16H,4-10,12H2,1-3H3/t15-/m0/s1. The van der Waals surface area contributed by atoms with Gasteiger partial charge in [0, 0.05) is 29.9 Å². The van der Waals surface area contributed by atoms with Crippen molar-refractivity contribution in [3.63, 3.8) is 0 Å². The zero-order valence-corrected chi connectivity index (χ0v) is 13.7. The van der Waals surface area contributed by atoms with Gasteiger partial charge in [-0.1, -0.05) is 6.92 Å². The molecular formula is C17H28N4. The summed E-state index contributed by atoms with van der Waals surface area (Å²) in [6.45, 7) is 12.5. The third-order valence-corrected chi connectivity index (χ3v) is 5.11. The van der Waals surface area contributed by atoms with E-state index in [-0.39, 0.29) is 0 Å². The SMILES string of the molecule is CCN1CCC(N2CC[C@H](c3nc(C)cc(C)n3)C2)CC1. The van der Waals surface area contributed by atoms with E-state index in [1.165, 1.54) is 45.4 Å². The van der Waals surface area contributed by atoms with Gasteiger partial charge >= 0.3 is 0 Å². The van der Waals surface area contributed by atoms with Crippen molar-refractivity contribution in [2.75, 3.05) is 32.7 Å². The summed E-state index contributed by atoms with van der Waals surface area (Å²) in [5.74, 6) is 1.61. The average molecular weight is 288 g/mol. The number of likely N-dealkylation sites (tertiary alicyclic amines) is 2. The molecule has 116 valence electrons. The van der Waals surface area contributed by atoms with Crippen LogP contribution in [-0.2, 0) is 0 Å². The van der Waals surface area contributed by atoms with Gasteiger partial charge in [-0.15, -0.1) is 0 Å². The summed E-state index contributed by atoms with van der Waals surface area (Å²) in [6, 6.07) is 2.85. The van der Waals surface area contributed by atoms with Crippen molar-refractivity contribution in [2.24, 2.45) is 0 Å². The van der Waals surface area contributed by atoms with Crippen molar-refractivity contribution < 1.29 is 0 Å². The van der Waals surface area contributed by atoms with Gasteiger partial charge in [0.2, 0.25) is 0 Å². The number of piperidine rings is 1. The Hall–Kier alpha value is -1.00. The number of rotatable bonds is 3. The summed E-state index contributed by atoms with van der Waals surface area (Å²) in [5.41, 5.74) is 2.21. The molecular weight excluding hydrogens is 260 g/mol. The van der Waals surface area contributed by atoms with E-state index in [1.54, 1.807) is 0 Å². The van der Waals surface area contributed by atoms with Gasteiger partial charge in [-0.25, -0.2) is 9.97 Å². The summed E-state index contributed by atoms with van der Waals surface area (Å²) in [6.07, 6.45) is 3.87. The third kappa shape index (κ3) is 3.43. The molecule has 1 aromatic rings. The third-order valence-electron chi connectivity index (χ3n) is 5.11. The Labute approximate surface area is 128 Å². The summed E-state index contributed by atoms with van der Waals surface area (Å²) in [5, 5.41) is 0. The Balaban J connectivity index is 1.60. The summed E-state index contributed by atoms with van der Waals surface area (Å²) in [7, 11) is 0. The van der Waals surface area contributed by atoms with Gasteiger partial charge in [-0.3, -0.25) is 4.90 Å². The second-order valence-corrected chi connectivity index (χ2v) is 6.65. The Bertz CT molecular complexity index is 459. The average Bonchev–Trinajstić information content (AvgIpc) is 2.96. The number of nitrogens with zero attached hydrogens (tertiary/aromatic N) is 4. The van der Waals surface area contributed by atoms with E-state index in [2.05, 4.69) is 46.6 Å². The second kappa shape index (κ2) is 6.41. The van der Waals surface area contributed by atoms with Crippen molar-refractivity contribution >= 4 is 0 Å². The number of aryl methyl sites for hydroxylation is 2. The Morgan fingerprint density at radius 3 is 2.33 bits per heavy atom. The molecule has 0 saturated carbocycles. The lowest BCUT2D eigenvalue weighted by atomic mass is 10.0. The highest BCUT2D eigenvalue weighted by molar-refractivity contribution is 5.12. The first kappa shape index (κ1) is 14.9. The summed E-state index contributed by atoms with van der Waals surface area (Å²) >= 11 is 0. The van der Waals surface area contributed by atoms with Crippen LogP contribution in [0.5, 0.6) is 0 Å². The fourth-order valence-electron chi connectivity index (χ4n) is 3.87. The minimum atomic E-state index is 0.535. The van der Waals surface area contributed by atoms with E-state index in [0.29, 0.717) is 5.92 Å². The maximum absolute atomic E-state index is 4.67. The number of aromatic nitrogens is 2. The van der Waals surface area contributed by atoms with Crippen LogP contribution in [0, 0.1) is 13.8 Å².